The third kappa shape index (κ3) is 4.86. The van der Waals surface area contributed by atoms with Gasteiger partial charge in [0.15, 0.2) is 11.2 Å². The smallest absolute Gasteiger partial charge is 0.266 e. The van der Waals surface area contributed by atoms with Gasteiger partial charge < -0.3 is 9.47 Å². The highest BCUT2D eigenvalue weighted by atomic mass is 32.1. The molecule has 6 heteroatoms. The number of rotatable bonds is 7. The highest BCUT2D eigenvalue weighted by Crippen LogP contribution is 2.32. The second-order valence-corrected chi connectivity index (χ2v) is 6.89. The Morgan fingerprint density at radius 2 is 1.93 bits per heavy atom. The van der Waals surface area contributed by atoms with Crippen LogP contribution in [0.3, 0.4) is 0 Å². The van der Waals surface area contributed by atoms with Crippen molar-refractivity contribution in [3.8, 4) is 22.8 Å². The number of hydrogen-bond donors (Lipinski definition) is 1. The Balaban J connectivity index is 1.66. The summed E-state index contributed by atoms with van der Waals surface area (Å²) >= 11 is 1.37. The van der Waals surface area contributed by atoms with Crippen LogP contribution in [0.25, 0.3) is 11.3 Å². The van der Waals surface area contributed by atoms with Gasteiger partial charge in [0.2, 0.25) is 0 Å². The number of hydrogen-bond acceptors (Lipinski definition) is 5. The van der Waals surface area contributed by atoms with Crippen molar-refractivity contribution in [3.05, 3.63) is 59.5 Å². The molecular weight excluding hydrogens is 360 g/mol. The summed E-state index contributed by atoms with van der Waals surface area (Å²) < 4.78 is 11.3. The van der Waals surface area contributed by atoms with E-state index in [0.717, 1.165) is 22.6 Å². The van der Waals surface area contributed by atoms with E-state index in [1.54, 1.807) is 6.92 Å². The van der Waals surface area contributed by atoms with Crippen molar-refractivity contribution in [2.75, 3.05) is 11.9 Å². The van der Waals surface area contributed by atoms with Crippen LogP contribution in [0.5, 0.6) is 11.5 Å². The number of aromatic nitrogens is 1. The van der Waals surface area contributed by atoms with Crippen LogP contribution < -0.4 is 14.8 Å². The third-order valence-corrected chi connectivity index (χ3v) is 4.66. The molecule has 3 aromatic rings. The number of carbonyl (C=O) groups is 1. The van der Waals surface area contributed by atoms with Crippen LogP contribution in [0.2, 0.25) is 0 Å². The molecule has 1 amide bonds. The summed E-state index contributed by atoms with van der Waals surface area (Å²) in [7, 11) is 0. The lowest BCUT2D eigenvalue weighted by atomic mass is 10.1. The summed E-state index contributed by atoms with van der Waals surface area (Å²) in [5.41, 5.74) is 2.81. The zero-order valence-electron chi connectivity index (χ0n) is 15.6. The summed E-state index contributed by atoms with van der Waals surface area (Å²) in [5, 5.41) is 5.25. The van der Waals surface area contributed by atoms with Gasteiger partial charge in [-0.3, -0.25) is 10.1 Å². The second kappa shape index (κ2) is 8.68. The largest absolute Gasteiger partial charge is 0.493 e. The van der Waals surface area contributed by atoms with Crippen LogP contribution in [0.4, 0.5) is 5.13 Å². The number of amides is 1. The normalized spacial score (nSPS) is 11.7. The molecule has 1 heterocycles. The van der Waals surface area contributed by atoms with E-state index < -0.39 is 6.10 Å². The fraction of sp³-hybridized carbons (Fsp3) is 0.238. The minimum absolute atomic E-state index is 0.241. The lowest BCUT2D eigenvalue weighted by molar-refractivity contribution is -0.122. The number of nitrogens with zero attached hydrogens (tertiary/aromatic N) is 1. The Labute approximate surface area is 163 Å². The van der Waals surface area contributed by atoms with Crippen molar-refractivity contribution in [2.24, 2.45) is 0 Å². The Hall–Kier alpha value is -2.86. The first kappa shape index (κ1) is 18.9. The Kier molecular flexibility index (Phi) is 6.08. The first-order chi connectivity index (χ1) is 13.1. The van der Waals surface area contributed by atoms with Gasteiger partial charge in [-0.05, 0) is 45.0 Å². The predicted octanol–water partition coefficient (Wildman–Crippen LogP) is 4.92. The van der Waals surface area contributed by atoms with Crippen molar-refractivity contribution in [1.82, 2.24) is 4.98 Å². The van der Waals surface area contributed by atoms with Gasteiger partial charge in [-0.2, -0.15) is 0 Å². The molecule has 0 fully saturated rings. The van der Waals surface area contributed by atoms with Crippen LogP contribution in [0, 0.1) is 6.92 Å². The highest BCUT2D eigenvalue weighted by Gasteiger charge is 2.17. The van der Waals surface area contributed by atoms with E-state index in [-0.39, 0.29) is 5.91 Å². The number of para-hydroxylation sites is 1. The van der Waals surface area contributed by atoms with Crippen LogP contribution in [0.15, 0.2) is 53.9 Å². The predicted molar refractivity (Wildman–Crippen MR) is 109 cm³/mol. The maximum absolute atomic E-state index is 12.4. The number of anilines is 1. The third-order valence-electron chi connectivity index (χ3n) is 3.90. The lowest BCUT2D eigenvalue weighted by Gasteiger charge is -2.13. The van der Waals surface area contributed by atoms with Crippen molar-refractivity contribution >= 4 is 22.4 Å². The SMILES string of the molecule is CCOc1ccccc1-c1csc(NC(=O)C(C)Oc2ccc(C)cc2)n1. The molecule has 0 bridgehead atoms. The highest BCUT2D eigenvalue weighted by molar-refractivity contribution is 7.14. The number of thiazole rings is 1. The molecule has 0 saturated heterocycles. The molecule has 3 rings (SSSR count). The molecule has 2 aromatic carbocycles. The first-order valence-corrected chi connectivity index (χ1v) is 9.66. The van der Waals surface area contributed by atoms with Crippen LogP contribution in [-0.2, 0) is 4.79 Å². The molecule has 0 aliphatic heterocycles. The van der Waals surface area contributed by atoms with E-state index in [1.807, 2.05) is 67.8 Å². The van der Waals surface area contributed by atoms with Crippen molar-refractivity contribution in [1.29, 1.82) is 0 Å². The molecule has 0 aliphatic carbocycles. The Morgan fingerprint density at radius 3 is 2.67 bits per heavy atom. The number of nitrogens with one attached hydrogen (secondary N) is 1. The number of aryl methyl sites for hydroxylation is 1. The molecule has 140 valence electrons. The molecule has 1 aromatic heterocycles. The van der Waals surface area contributed by atoms with E-state index in [4.69, 9.17) is 9.47 Å². The van der Waals surface area contributed by atoms with E-state index >= 15 is 0 Å². The van der Waals surface area contributed by atoms with Gasteiger partial charge in [-0.25, -0.2) is 4.98 Å². The number of carbonyl (C=O) groups excluding carboxylic acids is 1. The van der Waals surface area contributed by atoms with Gasteiger partial charge in [0, 0.05) is 10.9 Å². The van der Waals surface area contributed by atoms with Crippen LogP contribution >= 0.6 is 11.3 Å². The van der Waals surface area contributed by atoms with Crippen LogP contribution in [-0.4, -0.2) is 23.6 Å². The topological polar surface area (TPSA) is 60.5 Å². The molecule has 1 unspecified atom stereocenters. The molecule has 0 radical (unpaired) electrons. The minimum atomic E-state index is -0.629. The monoisotopic (exact) mass is 382 g/mol. The summed E-state index contributed by atoms with van der Waals surface area (Å²) in [6.45, 7) is 6.25. The Bertz CT molecular complexity index is 906. The Morgan fingerprint density at radius 1 is 1.19 bits per heavy atom. The molecule has 0 aliphatic rings. The summed E-state index contributed by atoms with van der Waals surface area (Å²) in [5.74, 6) is 1.20. The molecule has 0 saturated carbocycles. The standard InChI is InChI=1S/C21H22N2O3S/c1-4-25-19-8-6-5-7-17(19)18-13-27-21(22-18)23-20(24)15(3)26-16-11-9-14(2)10-12-16/h5-13,15H,4H2,1-3H3,(H,22,23,24). The second-order valence-electron chi connectivity index (χ2n) is 6.03. The minimum Gasteiger partial charge on any atom is -0.493 e. The molecule has 0 spiro atoms. The van der Waals surface area contributed by atoms with E-state index in [2.05, 4.69) is 10.3 Å². The van der Waals surface area contributed by atoms with Crippen molar-refractivity contribution in [2.45, 2.75) is 26.9 Å². The van der Waals surface area contributed by atoms with Gasteiger partial charge in [0.05, 0.1) is 12.3 Å². The van der Waals surface area contributed by atoms with Gasteiger partial charge in [-0.1, -0.05) is 29.8 Å². The van der Waals surface area contributed by atoms with Gasteiger partial charge >= 0.3 is 0 Å². The summed E-state index contributed by atoms with van der Waals surface area (Å²) in [4.78, 5) is 16.9. The number of ether oxygens (including phenoxy) is 2. The average molecular weight is 382 g/mol. The molecule has 5 nitrogen and oxygen atoms in total. The summed E-state index contributed by atoms with van der Waals surface area (Å²) in [6.07, 6.45) is -0.629. The quantitative estimate of drug-likeness (QED) is 0.630. The first-order valence-electron chi connectivity index (χ1n) is 8.78. The fourth-order valence-corrected chi connectivity index (χ4v) is 3.21. The van der Waals surface area contributed by atoms with E-state index in [9.17, 15) is 4.79 Å². The van der Waals surface area contributed by atoms with Gasteiger partial charge in [0.25, 0.3) is 5.91 Å². The molecule has 1 atom stereocenters. The zero-order chi connectivity index (χ0) is 19.2. The lowest BCUT2D eigenvalue weighted by Crippen LogP contribution is -2.30. The maximum atomic E-state index is 12.4. The maximum Gasteiger partial charge on any atom is 0.266 e. The zero-order valence-corrected chi connectivity index (χ0v) is 16.4. The van der Waals surface area contributed by atoms with Crippen LogP contribution in [0.1, 0.15) is 19.4 Å². The average Bonchev–Trinajstić information content (AvgIpc) is 3.12. The van der Waals surface area contributed by atoms with Crippen molar-refractivity contribution in [3.63, 3.8) is 0 Å². The van der Waals surface area contributed by atoms with Gasteiger partial charge in [0.1, 0.15) is 11.5 Å². The molecule has 1 N–H and O–H groups in total. The summed E-state index contributed by atoms with van der Waals surface area (Å²) in [6, 6.07) is 15.3. The van der Waals surface area contributed by atoms with Crippen molar-refractivity contribution < 1.29 is 14.3 Å². The fourth-order valence-electron chi connectivity index (χ4n) is 2.50. The van der Waals surface area contributed by atoms with E-state index in [0.29, 0.717) is 17.5 Å². The molecule has 27 heavy (non-hydrogen) atoms. The molecular formula is C21H22N2O3S. The van der Waals surface area contributed by atoms with E-state index in [1.165, 1.54) is 11.3 Å². The van der Waals surface area contributed by atoms with Gasteiger partial charge in [-0.15, -0.1) is 11.3 Å². The number of benzene rings is 2.